The molecule has 134 valence electrons. The first-order chi connectivity index (χ1) is 12.7. The van der Waals surface area contributed by atoms with Crippen molar-refractivity contribution in [2.24, 2.45) is 0 Å². The van der Waals surface area contributed by atoms with Gasteiger partial charge in [-0.25, -0.2) is 4.98 Å². The molecular formula is C21H23N3OS. The topological polar surface area (TPSA) is 68.0 Å². The fourth-order valence-corrected chi connectivity index (χ4v) is 4.51. The molecule has 0 atom stereocenters. The SMILES string of the molecule is CCc1ccc(NC(=O)c2sc3nc4c(cc3c2N)CCCCC4)cc1. The van der Waals surface area contributed by atoms with Gasteiger partial charge in [0.05, 0.1) is 5.69 Å². The number of rotatable bonds is 3. The molecule has 4 rings (SSSR count). The molecule has 1 amide bonds. The first kappa shape index (κ1) is 17.0. The van der Waals surface area contributed by atoms with Crippen molar-refractivity contribution in [1.82, 2.24) is 4.98 Å². The summed E-state index contributed by atoms with van der Waals surface area (Å²) < 4.78 is 0. The normalized spacial score (nSPS) is 14.0. The Morgan fingerprint density at radius 2 is 1.96 bits per heavy atom. The van der Waals surface area contributed by atoms with Crippen LogP contribution in [-0.4, -0.2) is 10.9 Å². The van der Waals surface area contributed by atoms with Gasteiger partial charge in [-0.3, -0.25) is 4.79 Å². The van der Waals surface area contributed by atoms with Gasteiger partial charge in [0, 0.05) is 16.8 Å². The van der Waals surface area contributed by atoms with E-state index in [4.69, 9.17) is 10.7 Å². The van der Waals surface area contributed by atoms with Crippen LogP contribution in [0.2, 0.25) is 0 Å². The highest BCUT2D eigenvalue weighted by Gasteiger charge is 2.20. The van der Waals surface area contributed by atoms with Crippen LogP contribution < -0.4 is 11.1 Å². The van der Waals surface area contributed by atoms with Crippen molar-refractivity contribution in [3.63, 3.8) is 0 Å². The summed E-state index contributed by atoms with van der Waals surface area (Å²) in [6.07, 6.45) is 6.70. The fourth-order valence-electron chi connectivity index (χ4n) is 3.52. The summed E-state index contributed by atoms with van der Waals surface area (Å²) in [4.78, 5) is 19.0. The van der Waals surface area contributed by atoms with Gasteiger partial charge in [-0.05, 0) is 61.4 Å². The van der Waals surface area contributed by atoms with Crippen molar-refractivity contribution in [3.05, 3.63) is 52.0 Å². The maximum atomic E-state index is 12.7. The zero-order valence-corrected chi connectivity index (χ0v) is 15.8. The third kappa shape index (κ3) is 3.19. The van der Waals surface area contributed by atoms with Crippen LogP contribution in [0, 0.1) is 0 Å². The maximum absolute atomic E-state index is 12.7. The fraction of sp³-hybridized carbons (Fsp3) is 0.333. The smallest absolute Gasteiger partial charge is 0.267 e. The third-order valence-electron chi connectivity index (χ3n) is 5.08. The van der Waals surface area contributed by atoms with Crippen LogP contribution in [0.3, 0.4) is 0 Å². The van der Waals surface area contributed by atoms with Gasteiger partial charge in [0.15, 0.2) is 0 Å². The van der Waals surface area contributed by atoms with E-state index in [0.29, 0.717) is 10.6 Å². The highest BCUT2D eigenvalue weighted by molar-refractivity contribution is 7.21. The summed E-state index contributed by atoms with van der Waals surface area (Å²) in [5.41, 5.74) is 11.4. The van der Waals surface area contributed by atoms with Crippen molar-refractivity contribution in [3.8, 4) is 0 Å². The van der Waals surface area contributed by atoms with Gasteiger partial charge in [-0.1, -0.05) is 25.5 Å². The lowest BCUT2D eigenvalue weighted by Crippen LogP contribution is -2.11. The van der Waals surface area contributed by atoms with Crippen molar-refractivity contribution < 1.29 is 4.79 Å². The Labute approximate surface area is 157 Å². The Kier molecular flexibility index (Phi) is 4.64. The number of carbonyl (C=O) groups excluding carboxylic acids is 1. The van der Waals surface area contributed by atoms with Gasteiger partial charge >= 0.3 is 0 Å². The molecule has 0 saturated carbocycles. The van der Waals surface area contributed by atoms with E-state index in [1.165, 1.54) is 47.4 Å². The van der Waals surface area contributed by atoms with Crippen LogP contribution in [0.1, 0.15) is 52.7 Å². The highest BCUT2D eigenvalue weighted by atomic mass is 32.1. The number of carbonyl (C=O) groups is 1. The van der Waals surface area contributed by atoms with Crippen LogP contribution in [0.5, 0.6) is 0 Å². The molecule has 1 aliphatic carbocycles. The molecule has 2 heterocycles. The van der Waals surface area contributed by atoms with Gasteiger partial charge in [-0.15, -0.1) is 11.3 Å². The van der Waals surface area contributed by atoms with Crippen molar-refractivity contribution in [2.75, 3.05) is 11.1 Å². The van der Waals surface area contributed by atoms with E-state index >= 15 is 0 Å². The van der Waals surface area contributed by atoms with Crippen LogP contribution in [0.15, 0.2) is 30.3 Å². The molecule has 5 heteroatoms. The lowest BCUT2D eigenvalue weighted by molar-refractivity contribution is 0.103. The van der Waals surface area contributed by atoms with Crippen LogP contribution >= 0.6 is 11.3 Å². The molecule has 0 aliphatic heterocycles. The second-order valence-corrected chi connectivity index (χ2v) is 7.86. The second-order valence-electron chi connectivity index (χ2n) is 6.86. The second kappa shape index (κ2) is 7.08. The lowest BCUT2D eigenvalue weighted by Gasteiger charge is -2.05. The number of anilines is 2. The molecule has 3 N–H and O–H groups in total. The van der Waals surface area contributed by atoms with E-state index in [9.17, 15) is 4.79 Å². The molecule has 3 aromatic rings. The minimum atomic E-state index is -0.162. The molecule has 0 radical (unpaired) electrons. The van der Waals surface area contributed by atoms with Crippen LogP contribution in [-0.2, 0) is 19.3 Å². The van der Waals surface area contributed by atoms with Gasteiger partial charge in [0.2, 0.25) is 0 Å². The Morgan fingerprint density at radius 1 is 1.19 bits per heavy atom. The number of hydrogen-bond donors (Lipinski definition) is 2. The molecule has 0 bridgehead atoms. The van der Waals surface area contributed by atoms with E-state index in [1.807, 2.05) is 24.3 Å². The van der Waals surface area contributed by atoms with Crippen molar-refractivity contribution in [2.45, 2.75) is 45.4 Å². The zero-order valence-electron chi connectivity index (χ0n) is 15.0. The predicted molar refractivity (Wildman–Crippen MR) is 109 cm³/mol. The first-order valence-corrected chi connectivity index (χ1v) is 10.1. The summed E-state index contributed by atoms with van der Waals surface area (Å²) in [5.74, 6) is -0.162. The van der Waals surface area contributed by atoms with E-state index < -0.39 is 0 Å². The van der Waals surface area contributed by atoms with Gasteiger partial charge in [0.25, 0.3) is 5.91 Å². The highest BCUT2D eigenvalue weighted by Crippen LogP contribution is 2.35. The molecule has 0 fully saturated rings. The van der Waals surface area contributed by atoms with Crippen LogP contribution in [0.4, 0.5) is 11.4 Å². The quantitative estimate of drug-likeness (QED) is 0.645. The van der Waals surface area contributed by atoms with Gasteiger partial charge < -0.3 is 11.1 Å². The van der Waals surface area contributed by atoms with Crippen molar-refractivity contribution >= 4 is 38.8 Å². The number of thiophene rings is 1. The minimum Gasteiger partial charge on any atom is -0.397 e. The number of hydrogen-bond acceptors (Lipinski definition) is 4. The van der Waals surface area contributed by atoms with Crippen molar-refractivity contribution in [1.29, 1.82) is 0 Å². The van der Waals surface area contributed by atoms with Gasteiger partial charge in [-0.2, -0.15) is 0 Å². The number of aryl methyl sites for hydroxylation is 3. The summed E-state index contributed by atoms with van der Waals surface area (Å²) in [6.45, 7) is 2.11. The molecule has 2 aromatic heterocycles. The molecule has 1 aromatic carbocycles. The molecule has 26 heavy (non-hydrogen) atoms. The standard InChI is InChI=1S/C21H23N3OS/c1-2-13-8-10-15(11-9-13)23-20(25)19-18(22)16-12-14-6-4-3-5-7-17(14)24-21(16)26-19/h8-12H,2-7,22H2,1H3,(H,23,25). The van der Waals surface area contributed by atoms with E-state index in [2.05, 4.69) is 18.3 Å². The molecule has 0 spiro atoms. The van der Waals surface area contributed by atoms with Gasteiger partial charge in [0.1, 0.15) is 9.71 Å². The monoisotopic (exact) mass is 365 g/mol. The number of nitrogen functional groups attached to an aromatic ring is 1. The number of nitrogens with one attached hydrogen (secondary N) is 1. The maximum Gasteiger partial charge on any atom is 0.267 e. The minimum absolute atomic E-state index is 0.162. The predicted octanol–water partition coefficient (Wildman–Crippen LogP) is 4.96. The molecular weight excluding hydrogens is 342 g/mol. The Morgan fingerprint density at radius 3 is 2.73 bits per heavy atom. The molecule has 0 unspecified atom stereocenters. The molecule has 1 aliphatic rings. The summed E-state index contributed by atoms with van der Waals surface area (Å²) in [6, 6.07) is 10.1. The van der Waals surface area contributed by atoms with E-state index in [1.54, 1.807) is 0 Å². The number of nitrogens with zero attached hydrogens (tertiary/aromatic N) is 1. The Bertz CT molecular complexity index is 960. The average Bonchev–Trinajstić information content (AvgIpc) is 2.82. The summed E-state index contributed by atoms with van der Waals surface area (Å²) in [5, 5.41) is 3.87. The largest absolute Gasteiger partial charge is 0.397 e. The van der Waals surface area contributed by atoms with Crippen LogP contribution in [0.25, 0.3) is 10.2 Å². The summed E-state index contributed by atoms with van der Waals surface area (Å²) >= 11 is 1.39. The number of benzene rings is 1. The first-order valence-electron chi connectivity index (χ1n) is 9.26. The zero-order chi connectivity index (χ0) is 18.1. The molecule has 4 nitrogen and oxygen atoms in total. The Hall–Kier alpha value is -2.40. The third-order valence-corrected chi connectivity index (χ3v) is 6.19. The van der Waals surface area contributed by atoms with E-state index in [0.717, 1.165) is 35.2 Å². The number of nitrogens with two attached hydrogens (primary N) is 1. The number of aromatic nitrogens is 1. The number of fused-ring (bicyclic) bond motifs is 2. The Balaban J connectivity index is 1.65. The summed E-state index contributed by atoms with van der Waals surface area (Å²) in [7, 11) is 0. The lowest BCUT2D eigenvalue weighted by atomic mass is 10.1. The molecule has 0 saturated heterocycles. The number of pyridine rings is 1. The average molecular weight is 366 g/mol. The number of amides is 1. The van der Waals surface area contributed by atoms with E-state index in [-0.39, 0.29) is 5.91 Å².